The Morgan fingerprint density at radius 3 is 2.57 bits per heavy atom. The third kappa shape index (κ3) is 2.69. The maximum Gasteiger partial charge on any atom is 0.253 e. The summed E-state index contributed by atoms with van der Waals surface area (Å²) in [6.07, 6.45) is 0.871. The van der Waals surface area contributed by atoms with E-state index in [4.69, 9.17) is 0 Å². The maximum atomic E-state index is 14.2. The van der Waals surface area contributed by atoms with Crippen LogP contribution in [-0.2, 0) is 9.59 Å². The Hall–Kier alpha value is -1.43. The van der Waals surface area contributed by atoms with Gasteiger partial charge in [0, 0.05) is 4.47 Å². The molecule has 1 fully saturated rings. The summed E-state index contributed by atoms with van der Waals surface area (Å²) in [5.41, 5.74) is -0.855. The van der Waals surface area contributed by atoms with Crippen LogP contribution in [-0.4, -0.2) is 23.4 Å². The fourth-order valence-electron chi connectivity index (χ4n) is 2.49. The number of nitrogens with zero attached hydrogens (tertiary/aromatic N) is 1. The second-order valence-corrected chi connectivity index (χ2v) is 6.29. The number of carbonyl (C=O) groups excluding carboxylic acids is 2. The highest BCUT2D eigenvalue weighted by atomic mass is 79.9. The van der Waals surface area contributed by atoms with E-state index in [1.54, 1.807) is 19.9 Å². The number of carbonyl (C=O) groups is 2. The van der Waals surface area contributed by atoms with Gasteiger partial charge in [0.05, 0.1) is 5.69 Å². The van der Waals surface area contributed by atoms with Crippen molar-refractivity contribution < 1.29 is 14.0 Å². The zero-order chi connectivity index (χ0) is 15.8. The number of halogens is 2. The van der Waals surface area contributed by atoms with E-state index in [9.17, 15) is 14.0 Å². The zero-order valence-electron chi connectivity index (χ0n) is 12.2. The Morgan fingerprint density at radius 2 is 2.05 bits per heavy atom. The molecule has 0 aromatic heterocycles. The van der Waals surface area contributed by atoms with Crippen molar-refractivity contribution >= 4 is 33.4 Å². The highest BCUT2D eigenvalue weighted by molar-refractivity contribution is 9.10. The molecule has 0 spiro atoms. The number of piperazine rings is 1. The minimum Gasteiger partial charge on any atom is -0.340 e. The van der Waals surface area contributed by atoms with E-state index < -0.39 is 17.4 Å². The maximum absolute atomic E-state index is 14.2. The van der Waals surface area contributed by atoms with Crippen molar-refractivity contribution in [3.63, 3.8) is 0 Å². The van der Waals surface area contributed by atoms with Crippen LogP contribution in [0.4, 0.5) is 10.1 Å². The summed E-state index contributed by atoms with van der Waals surface area (Å²) in [5.74, 6) is -1.05. The van der Waals surface area contributed by atoms with Crippen molar-refractivity contribution in [3.05, 3.63) is 28.5 Å². The zero-order valence-corrected chi connectivity index (χ0v) is 13.8. The second-order valence-electron chi connectivity index (χ2n) is 5.37. The molecule has 0 aliphatic carbocycles. The van der Waals surface area contributed by atoms with Crippen LogP contribution in [0.2, 0.25) is 0 Å². The highest BCUT2D eigenvalue weighted by Gasteiger charge is 2.47. The molecular weight excluding hydrogens is 339 g/mol. The molecule has 2 unspecified atom stereocenters. The van der Waals surface area contributed by atoms with E-state index in [2.05, 4.69) is 21.2 Å². The summed E-state index contributed by atoms with van der Waals surface area (Å²) in [7, 11) is 0. The minimum absolute atomic E-state index is 0.143. The van der Waals surface area contributed by atoms with E-state index in [1.807, 2.05) is 6.92 Å². The van der Waals surface area contributed by atoms with E-state index in [0.717, 1.165) is 0 Å². The quantitative estimate of drug-likeness (QED) is 0.904. The van der Waals surface area contributed by atoms with Crippen molar-refractivity contribution in [1.82, 2.24) is 5.32 Å². The fraction of sp³-hybridized carbons (Fsp3) is 0.467. The molecule has 1 aromatic rings. The Morgan fingerprint density at radius 1 is 1.38 bits per heavy atom. The van der Waals surface area contributed by atoms with E-state index in [0.29, 0.717) is 17.3 Å². The predicted octanol–water partition coefficient (Wildman–Crippen LogP) is 3.00. The van der Waals surface area contributed by atoms with Crippen LogP contribution in [0.25, 0.3) is 0 Å². The molecule has 0 bridgehead atoms. The lowest BCUT2D eigenvalue weighted by molar-refractivity contribution is -0.138. The molecule has 2 rings (SSSR count). The summed E-state index contributed by atoms with van der Waals surface area (Å²) in [4.78, 5) is 26.3. The normalized spacial score (nSPS) is 26.0. The predicted molar refractivity (Wildman–Crippen MR) is 82.5 cm³/mol. The Balaban J connectivity index is 2.54. The topological polar surface area (TPSA) is 49.4 Å². The van der Waals surface area contributed by atoms with Gasteiger partial charge in [-0.1, -0.05) is 29.8 Å². The molecule has 6 heteroatoms. The molecule has 1 aromatic carbocycles. The smallest absolute Gasteiger partial charge is 0.253 e. The minimum atomic E-state index is -0.998. The number of nitrogens with one attached hydrogen (secondary N) is 1. The lowest BCUT2D eigenvalue weighted by atomic mass is 9.90. The molecular formula is C15H18BrFN2O2. The van der Waals surface area contributed by atoms with Crippen LogP contribution < -0.4 is 10.2 Å². The lowest BCUT2D eigenvalue weighted by Gasteiger charge is -2.43. The number of amides is 2. The second kappa shape index (κ2) is 5.75. The van der Waals surface area contributed by atoms with Crippen LogP contribution in [0.15, 0.2) is 22.7 Å². The molecule has 0 radical (unpaired) electrons. The first kappa shape index (κ1) is 15.9. The molecule has 1 N–H and O–H groups in total. The molecule has 2 amide bonds. The van der Waals surface area contributed by atoms with Crippen molar-refractivity contribution in [2.75, 3.05) is 4.90 Å². The summed E-state index contributed by atoms with van der Waals surface area (Å²) in [6, 6.07) is 3.79. The summed E-state index contributed by atoms with van der Waals surface area (Å²) in [6.45, 7) is 5.29. The number of rotatable bonds is 3. The standard InChI is InChI=1S/C15H18BrFN2O2/c1-4-11-13(20)18-15(3,5-2)14(21)19(11)12-7-6-9(16)8-10(12)17/h6-8,11H,4-5H2,1-3H3,(H,18,20). The van der Waals surface area contributed by atoms with Gasteiger partial charge in [0.2, 0.25) is 5.91 Å². The third-order valence-corrected chi connectivity index (χ3v) is 4.46. The summed E-state index contributed by atoms with van der Waals surface area (Å²) < 4.78 is 14.8. The van der Waals surface area contributed by atoms with Gasteiger partial charge in [-0.25, -0.2) is 4.39 Å². The highest BCUT2D eigenvalue weighted by Crippen LogP contribution is 2.31. The van der Waals surface area contributed by atoms with Crippen LogP contribution in [0.3, 0.4) is 0 Å². The summed E-state index contributed by atoms with van der Waals surface area (Å²) >= 11 is 3.19. The van der Waals surface area contributed by atoms with Crippen LogP contribution in [0, 0.1) is 5.82 Å². The monoisotopic (exact) mass is 356 g/mol. The molecule has 0 saturated carbocycles. The van der Waals surface area contributed by atoms with Crippen molar-refractivity contribution in [3.8, 4) is 0 Å². The van der Waals surface area contributed by atoms with E-state index >= 15 is 0 Å². The fourth-order valence-corrected chi connectivity index (χ4v) is 2.83. The van der Waals surface area contributed by atoms with Gasteiger partial charge in [-0.2, -0.15) is 0 Å². The molecule has 1 heterocycles. The SMILES string of the molecule is CCC1C(=O)NC(C)(CC)C(=O)N1c1ccc(Br)cc1F. The number of benzene rings is 1. The molecule has 21 heavy (non-hydrogen) atoms. The average molecular weight is 357 g/mol. The Labute approximate surface area is 131 Å². The number of hydrogen-bond acceptors (Lipinski definition) is 2. The lowest BCUT2D eigenvalue weighted by Crippen LogP contribution is -2.69. The van der Waals surface area contributed by atoms with Gasteiger partial charge in [0.25, 0.3) is 5.91 Å². The van der Waals surface area contributed by atoms with Gasteiger partial charge in [0.15, 0.2) is 0 Å². The number of anilines is 1. The van der Waals surface area contributed by atoms with Crippen LogP contribution in [0.5, 0.6) is 0 Å². The van der Waals surface area contributed by atoms with Gasteiger partial charge in [-0.15, -0.1) is 0 Å². The molecule has 1 saturated heterocycles. The first-order valence-electron chi connectivity index (χ1n) is 6.94. The molecule has 2 atom stereocenters. The van der Waals surface area contributed by atoms with Gasteiger partial charge in [-0.3, -0.25) is 14.5 Å². The summed E-state index contributed by atoms with van der Waals surface area (Å²) in [5, 5.41) is 2.76. The van der Waals surface area contributed by atoms with Crippen molar-refractivity contribution in [2.45, 2.75) is 45.2 Å². The van der Waals surface area contributed by atoms with Crippen molar-refractivity contribution in [2.24, 2.45) is 0 Å². The molecule has 1 aliphatic heterocycles. The van der Waals surface area contributed by atoms with Gasteiger partial charge < -0.3 is 5.32 Å². The Kier molecular flexibility index (Phi) is 4.37. The first-order valence-corrected chi connectivity index (χ1v) is 7.74. The largest absolute Gasteiger partial charge is 0.340 e. The van der Waals surface area contributed by atoms with E-state index in [-0.39, 0.29) is 17.5 Å². The van der Waals surface area contributed by atoms with Gasteiger partial charge in [0.1, 0.15) is 17.4 Å². The molecule has 114 valence electrons. The van der Waals surface area contributed by atoms with Gasteiger partial charge in [-0.05, 0) is 38.0 Å². The van der Waals surface area contributed by atoms with Crippen molar-refractivity contribution in [1.29, 1.82) is 0 Å². The third-order valence-electron chi connectivity index (χ3n) is 3.97. The number of hydrogen-bond donors (Lipinski definition) is 1. The van der Waals surface area contributed by atoms with Crippen LogP contribution >= 0.6 is 15.9 Å². The van der Waals surface area contributed by atoms with E-state index in [1.165, 1.54) is 17.0 Å². The molecule has 4 nitrogen and oxygen atoms in total. The van der Waals surface area contributed by atoms with Gasteiger partial charge >= 0.3 is 0 Å². The Bertz CT molecular complexity index is 593. The van der Waals surface area contributed by atoms with Crippen LogP contribution in [0.1, 0.15) is 33.6 Å². The first-order chi connectivity index (χ1) is 9.84. The average Bonchev–Trinajstić information content (AvgIpc) is 2.43. The molecule has 1 aliphatic rings.